The SMILES string of the molecule is CC1(C)CCC[C@]2(C)[C@@H]1CC[C@@]13C(=O)[C@H]4[C@@H](C[C@@H]21)[C@@]4(C)[C@@H]3O. The molecule has 6 aliphatic rings. The van der Waals surface area contributed by atoms with Gasteiger partial charge in [-0.2, -0.15) is 0 Å². The van der Waals surface area contributed by atoms with Crippen molar-refractivity contribution in [2.75, 3.05) is 0 Å². The highest BCUT2D eigenvalue weighted by atomic mass is 16.3. The van der Waals surface area contributed by atoms with Crippen LogP contribution in [-0.4, -0.2) is 17.0 Å². The summed E-state index contributed by atoms with van der Waals surface area (Å²) in [6.45, 7) is 9.55. The van der Waals surface area contributed by atoms with E-state index in [2.05, 4.69) is 27.7 Å². The van der Waals surface area contributed by atoms with E-state index in [1.807, 2.05) is 0 Å². The zero-order valence-corrected chi connectivity index (χ0v) is 14.5. The molecule has 8 atom stereocenters. The van der Waals surface area contributed by atoms with E-state index in [1.165, 1.54) is 25.7 Å². The largest absolute Gasteiger partial charge is 0.391 e. The van der Waals surface area contributed by atoms with E-state index in [0.29, 0.717) is 23.0 Å². The van der Waals surface area contributed by atoms with Crippen molar-refractivity contribution >= 4 is 5.78 Å². The van der Waals surface area contributed by atoms with Crippen LogP contribution < -0.4 is 0 Å². The molecule has 0 unspecified atom stereocenters. The summed E-state index contributed by atoms with van der Waals surface area (Å²) >= 11 is 0. The van der Waals surface area contributed by atoms with E-state index in [-0.39, 0.29) is 28.3 Å². The second kappa shape index (κ2) is 3.50. The number of hydrogen-bond acceptors (Lipinski definition) is 2. The summed E-state index contributed by atoms with van der Waals surface area (Å²) in [6, 6.07) is 0. The lowest BCUT2D eigenvalue weighted by molar-refractivity contribution is -0.200. The first-order valence-corrected chi connectivity index (χ1v) is 9.43. The van der Waals surface area contributed by atoms with Crippen LogP contribution >= 0.6 is 0 Å². The van der Waals surface area contributed by atoms with Crippen LogP contribution in [0.5, 0.6) is 0 Å². The number of aliphatic hydroxyl groups is 1. The molecule has 4 bridgehead atoms. The predicted octanol–water partition coefficient (Wildman–Crippen LogP) is 3.82. The molecular weight excluding hydrogens is 272 g/mol. The average molecular weight is 302 g/mol. The van der Waals surface area contributed by atoms with Crippen LogP contribution in [0.3, 0.4) is 0 Å². The molecule has 6 rings (SSSR count). The number of carbonyl (C=O) groups is 1. The number of rotatable bonds is 0. The zero-order chi connectivity index (χ0) is 15.7. The van der Waals surface area contributed by atoms with E-state index in [1.54, 1.807) is 0 Å². The average Bonchev–Trinajstić information content (AvgIpc) is 3.01. The summed E-state index contributed by atoms with van der Waals surface area (Å²) in [5.41, 5.74) is 0.245. The van der Waals surface area contributed by atoms with Crippen LogP contribution in [0.25, 0.3) is 0 Å². The topological polar surface area (TPSA) is 37.3 Å². The van der Waals surface area contributed by atoms with E-state index in [0.717, 1.165) is 18.8 Å². The van der Waals surface area contributed by atoms with Gasteiger partial charge in [-0.05, 0) is 60.7 Å². The van der Waals surface area contributed by atoms with Crippen molar-refractivity contribution in [1.29, 1.82) is 0 Å². The molecule has 0 amide bonds. The minimum atomic E-state index is -0.368. The molecule has 0 aliphatic heterocycles. The molecule has 6 saturated carbocycles. The van der Waals surface area contributed by atoms with E-state index in [4.69, 9.17) is 0 Å². The minimum absolute atomic E-state index is 0.0546. The molecule has 0 heterocycles. The van der Waals surface area contributed by atoms with Gasteiger partial charge >= 0.3 is 0 Å². The van der Waals surface area contributed by atoms with Crippen molar-refractivity contribution in [1.82, 2.24) is 0 Å². The van der Waals surface area contributed by atoms with Gasteiger partial charge in [-0.25, -0.2) is 0 Å². The molecular formula is C20H30O2. The smallest absolute Gasteiger partial charge is 0.145 e. The van der Waals surface area contributed by atoms with Gasteiger partial charge < -0.3 is 5.11 Å². The molecule has 0 saturated heterocycles. The summed E-state index contributed by atoms with van der Waals surface area (Å²) in [5, 5.41) is 11.2. The summed E-state index contributed by atoms with van der Waals surface area (Å²) in [4.78, 5) is 13.2. The highest BCUT2D eigenvalue weighted by Gasteiger charge is 2.87. The Morgan fingerprint density at radius 2 is 1.77 bits per heavy atom. The fourth-order valence-corrected chi connectivity index (χ4v) is 8.64. The van der Waals surface area contributed by atoms with Crippen LogP contribution in [0.15, 0.2) is 0 Å². The van der Waals surface area contributed by atoms with Crippen molar-refractivity contribution in [2.45, 2.75) is 72.3 Å². The normalized spacial score (nSPS) is 64.0. The van der Waals surface area contributed by atoms with Gasteiger partial charge in [-0.1, -0.05) is 34.1 Å². The predicted molar refractivity (Wildman–Crippen MR) is 85.1 cm³/mol. The van der Waals surface area contributed by atoms with Crippen molar-refractivity contribution in [3.8, 4) is 0 Å². The van der Waals surface area contributed by atoms with Crippen LogP contribution in [0, 0.1) is 45.3 Å². The van der Waals surface area contributed by atoms with Gasteiger partial charge in [0.15, 0.2) is 0 Å². The molecule has 6 aliphatic carbocycles. The molecule has 0 aromatic carbocycles. The van der Waals surface area contributed by atoms with Gasteiger partial charge in [0.2, 0.25) is 0 Å². The third-order valence-electron chi connectivity index (χ3n) is 9.61. The third kappa shape index (κ3) is 1.13. The Morgan fingerprint density at radius 1 is 1.05 bits per heavy atom. The number of aliphatic hydroxyl groups excluding tert-OH is 1. The molecule has 2 nitrogen and oxygen atoms in total. The number of Topliss-reactive ketones (excluding diaryl/α,β-unsaturated/α-hetero) is 1. The van der Waals surface area contributed by atoms with Crippen LogP contribution in [0.2, 0.25) is 0 Å². The van der Waals surface area contributed by atoms with Crippen LogP contribution in [0.1, 0.15) is 66.2 Å². The second-order valence-corrected chi connectivity index (χ2v) is 10.5. The number of carbonyl (C=O) groups excluding carboxylic acids is 1. The Balaban J connectivity index is 1.64. The highest BCUT2D eigenvalue weighted by Crippen LogP contribution is 2.83. The molecule has 1 spiro atoms. The van der Waals surface area contributed by atoms with E-state index >= 15 is 0 Å². The molecule has 6 fully saturated rings. The lowest BCUT2D eigenvalue weighted by Gasteiger charge is -2.65. The van der Waals surface area contributed by atoms with Crippen LogP contribution in [0.4, 0.5) is 0 Å². The molecule has 1 N–H and O–H groups in total. The minimum Gasteiger partial charge on any atom is -0.391 e. The third-order valence-corrected chi connectivity index (χ3v) is 9.61. The first-order chi connectivity index (χ1) is 10.2. The number of hydrogen-bond donors (Lipinski definition) is 1. The fourth-order valence-electron chi connectivity index (χ4n) is 8.64. The van der Waals surface area contributed by atoms with Gasteiger partial charge in [0.25, 0.3) is 0 Å². The van der Waals surface area contributed by atoms with Crippen molar-refractivity contribution < 1.29 is 9.90 Å². The maximum atomic E-state index is 13.2. The zero-order valence-electron chi connectivity index (χ0n) is 14.5. The lowest BCUT2D eigenvalue weighted by Crippen LogP contribution is -2.64. The van der Waals surface area contributed by atoms with Crippen molar-refractivity contribution in [2.24, 2.45) is 45.3 Å². The number of ketones is 1. The first-order valence-electron chi connectivity index (χ1n) is 9.43. The maximum Gasteiger partial charge on any atom is 0.145 e. The first kappa shape index (κ1) is 14.0. The molecule has 0 aromatic heterocycles. The van der Waals surface area contributed by atoms with E-state index in [9.17, 15) is 9.90 Å². The summed E-state index contributed by atoms with van der Waals surface area (Å²) in [7, 11) is 0. The Bertz CT molecular complexity index is 580. The maximum absolute atomic E-state index is 13.2. The quantitative estimate of drug-likeness (QED) is 0.738. The Morgan fingerprint density at radius 3 is 2.41 bits per heavy atom. The summed E-state index contributed by atoms with van der Waals surface area (Å²) < 4.78 is 0. The summed E-state index contributed by atoms with van der Waals surface area (Å²) in [5.74, 6) is 2.33. The van der Waals surface area contributed by atoms with Gasteiger partial charge in [-0.3, -0.25) is 4.79 Å². The molecule has 122 valence electrons. The highest BCUT2D eigenvalue weighted by molar-refractivity contribution is 5.97. The van der Waals surface area contributed by atoms with Crippen LogP contribution in [-0.2, 0) is 4.79 Å². The van der Waals surface area contributed by atoms with Gasteiger partial charge in [0.1, 0.15) is 5.78 Å². The number of fused-ring (bicyclic) bond motifs is 1. The van der Waals surface area contributed by atoms with Crippen molar-refractivity contribution in [3.63, 3.8) is 0 Å². The summed E-state index contributed by atoms with van der Waals surface area (Å²) in [6.07, 6.45) is 6.85. The molecule has 22 heavy (non-hydrogen) atoms. The Labute approximate surface area is 134 Å². The molecule has 0 aromatic rings. The second-order valence-electron chi connectivity index (χ2n) is 10.5. The Hall–Kier alpha value is -0.370. The standard InChI is InChI=1S/C20H30O2/c1-17(2)7-5-8-18(3)12(17)6-9-20-13(18)10-11-14(15(20)21)19(11,4)16(20)22/h11-14,16,22H,5-10H2,1-4H3/t11-,12-,13+,14-,16+,18-,19-,20+/m1/s1. The van der Waals surface area contributed by atoms with Crippen molar-refractivity contribution in [3.05, 3.63) is 0 Å². The molecule has 2 heteroatoms. The van der Waals surface area contributed by atoms with E-state index < -0.39 is 0 Å². The van der Waals surface area contributed by atoms with Gasteiger partial charge in [0, 0.05) is 11.3 Å². The monoisotopic (exact) mass is 302 g/mol. The lowest BCUT2D eigenvalue weighted by atomic mass is 9.39. The Kier molecular flexibility index (Phi) is 2.23. The van der Waals surface area contributed by atoms with Gasteiger partial charge in [-0.15, -0.1) is 0 Å². The fraction of sp³-hybridized carbons (Fsp3) is 0.950. The van der Waals surface area contributed by atoms with Gasteiger partial charge in [0.05, 0.1) is 11.5 Å². The molecule has 0 radical (unpaired) electrons.